The Hall–Kier alpha value is -0.930. The first-order valence-corrected chi connectivity index (χ1v) is 8.12. The van der Waals surface area contributed by atoms with Crippen LogP contribution in [-0.4, -0.2) is 37.7 Å². The number of hydrogen-bond acceptors (Lipinski definition) is 3. The predicted molar refractivity (Wildman–Crippen MR) is 87.6 cm³/mol. The lowest BCUT2D eigenvalue weighted by molar-refractivity contribution is 0.103. The lowest BCUT2D eigenvalue weighted by atomic mass is 9.96. The fraction of sp³-hybridized carbons (Fsp3) is 0.647. The van der Waals surface area contributed by atoms with Gasteiger partial charge in [0.25, 0.3) is 0 Å². The number of benzene rings is 1. The van der Waals surface area contributed by atoms with E-state index in [1.54, 1.807) is 14.2 Å². The monoisotopic (exact) mass is 311 g/mol. The van der Waals surface area contributed by atoms with Gasteiger partial charge in [0.05, 0.1) is 19.6 Å². The van der Waals surface area contributed by atoms with Crippen LogP contribution in [0.25, 0.3) is 0 Å². The SMILES string of the molecule is COc1ccc(C(Cl)CN2C(C)CCCC2C)c(OC)c1. The highest BCUT2D eigenvalue weighted by Crippen LogP contribution is 2.35. The molecule has 0 saturated carbocycles. The van der Waals surface area contributed by atoms with E-state index in [1.165, 1.54) is 19.3 Å². The zero-order chi connectivity index (χ0) is 15.4. The summed E-state index contributed by atoms with van der Waals surface area (Å²) in [5, 5.41) is -0.0751. The number of rotatable bonds is 5. The Kier molecular flexibility index (Phi) is 5.77. The third-order valence-electron chi connectivity index (χ3n) is 4.53. The molecule has 0 aliphatic carbocycles. The molecule has 118 valence electrons. The van der Waals surface area contributed by atoms with E-state index in [1.807, 2.05) is 18.2 Å². The van der Waals surface area contributed by atoms with Crippen LogP contribution in [0, 0.1) is 0 Å². The number of hydrogen-bond donors (Lipinski definition) is 0. The first-order valence-electron chi connectivity index (χ1n) is 7.68. The summed E-state index contributed by atoms with van der Waals surface area (Å²) >= 11 is 6.69. The Labute approximate surface area is 133 Å². The van der Waals surface area contributed by atoms with Gasteiger partial charge in [0.15, 0.2) is 0 Å². The second-order valence-corrected chi connectivity index (χ2v) is 6.43. The molecular formula is C17H26ClNO2. The van der Waals surface area contributed by atoms with E-state index in [-0.39, 0.29) is 5.38 Å². The summed E-state index contributed by atoms with van der Waals surface area (Å²) in [5.74, 6) is 1.59. The maximum absolute atomic E-state index is 6.69. The highest BCUT2D eigenvalue weighted by molar-refractivity contribution is 6.21. The van der Waals surface area contributed by atoms with Gasteiger partial charge in [-0.2, -0.15) is 0 Å². The summed E-state index contributed by atoms with van der Waals surface area (Å²) in [5.41, 5.74) is 1.03. The molecule has 0 radical (unpaired) electrons. The molecule has 1 aliphatic heterocycles. The number of methoxy groups -OCH3 is 2. The largest absolute Gasteiger partial charge is 0.497 e. The van der Waals surface area contributed by atoms with Crippen LogP contribution in [0.2, 0.25) is 0 Å². The molecule has 1 aromatic carbocycles. The van der Waals surface area contributed by atoms with Gasteiger partial charge in [0, 0.05) is 30.3 Å². The van der Waals surface area contributed by atoms with Gasteiger partial charge in [0.2, 0.25) is 0 Å². The number of piperidine rings is 1. The van der Waals surface area contributed by atoms with Crippen LogP contribution in [0.3, 0.4) is 0 Å². The van der Waals surface area contributed by atoms with Gasteiger partial charge in [-0.1, -0.05) is 12.5 Å². The maximum atomic E-state index is 6.69. The smallest absolute Gasteiger partial charge is 0.127 e. The summed E-state index contributed by atoms with van der Waals surface area (Å²) in [6, 6.07) is 7.04. The van der Waals surface area contributed by atoms with E-state index in [2.05, 4.69) is 18.7 Å². The summed E-state index contributed by atoms with van der Waals surface area (Å²) in [6.07, 6.45) is 3.83. The van der Waals surface area contributed by atoms with Crippen molar-refractivity contribution >= 4 is 11.6 Å². The Morgan fingerprint density at radius 3 is 2.43 bits per heavy atom. The quantitative estimate of drug-likeness (QED) is 0.759. The molecule has 1 fully saturated rings. The van der Waals surface area contributed by atoms with Crippen LogP contribution >= 0.6 is 11.6 Å². The number of alkyl halides is 1. The Morgan fingerprint density at radius 2 is 1.86 bits per heavy atom. The molecule has 0 bridgehead atoms. The Morgan fingerprint density at radius 1 is 1.19 bits per heavy atom. The van der Waals surface area contributed by atoms with Crippen LogP contribution in [0.4, 0.5) is 0 Å². The highest BCUT2D eigenvalue weighted by Gasteiger charge is 2.27. The van der Waals surface area contributed by atoms with E-state index in [0.717, 1.165) is 23.6 Å². The fourth-order valence-corrected chi connectivity index (χ4v) is 3.53. The topological polar surface area (TPSA) is 21.7 Å². The summed E-state index contributed by atoms with van der Waals surface area (Å²) in [7, 11) is 3.33. The lowest BCUT2D eigenvalue weighted by Crippen LogP contribution is -2.45. The maximum Gasteiger partial charge on any atom is 0.127 e. The molecule has 3 atom stereocenters. The van der Waals surface area contributed by atoms with Crippen molar-refractivity contribution in [2.45, 2.75) is 50.6 Å². The molecular weight excluding hydrogens is 286 g/mol. The van der Waals surface area contributed by atoms with Gasteiger partial charge in [-0.05, 0) is 32.8 Å². The minimum Gasteiger partial charge on any atom is -0.497 e. The van der Waals surface area contributed by atoms with Crippen molar-refractivity contribution in [3.8, 4) is 11.5 Å². The molecule has 1 heterocycles. The normalized spacial score (nSPS) is 24.6. The third-order valence-corrected chi connectivity index (χ3v) is 4.90. The molecule has 3 unspecified atom stereocenters. The predicted octanol–water partition coefficient (Wildman–Crippen LogP) is 4.25. The molecule has 1 saturated heterocycles. The van der Waals surface area contributed by atoms with Crippen LogP contribution in [0.1, 0.15) is 44.1 Å². The molecule has 0 aromatic heterocycles. The molecule has 2 rings (SSSR count). The van der Waals surface area contributed by atoms with Crippen LogP contribution in [-0.2, 0) is 0 Å². The zero-order valence-corrected chi connectivity index (χ0v) is 14.2. The molecule has 0 spiro atoms. The van der Waals surface area contributed by atoms with Crippen LogP contribution in [0.15, 0.2) is 18.2 Å². The average Bonchev–Trinajstić information content (AvgIpc) is 2.50. The van der Waals surface area contributed by atoms with Crippen molar-refractivity contribution in [3.63, 3.8) is 0 Å². The molecule has 4 heteroatoms. The molecule has 21 heavy (non-hydrogen) atoms. The fourth-order valence-electron chi connectivity index (χ4n) is 3.20. The summed E-state index contributed by atoms with van der Waals surface area (Å²) < 4.78 is 10.7. The Bertz CT molecular complexity index is 456. The second-order valence-electron chi connectivity index (χ2n) is 5.90. The molecule has 1 aromatic rings. The van der Waals surface area contributed by atoms with Gasteiger partial charge in [-0.15, -0.1) is 11.6 Å². The van der Waals surface area contributed by atoms with Gasteiger partial charge in [0.1, 0.15) is 11.5 Å². The van der Waals surface area contributed by atoms with Crippen molar-refractivity contribution in [1.29, 1.82) is 0 Å². The van der Waals surface area contributed by atoms with Crippen LogP contribution in [0.5, 0.6) is 11.5 Å². The third kappa shape index (κ3) is 3.83. The van der Waals surface area contributed by atoms with Crippen molar-refractivity contribution in [1.82, 2.24) is 4.90 Å². The first-order chi connectivity index (χ1) is 10.1. The van der Waals surface area contributed by atoms with E-state index >= 15 is 0 Å². The van der Waals surface area contributed by atoms with Gasteiger partial charge < -0.3 is 9.47 Å². The highest BCUT2D eigenvalue weighted by atomic mass is 35.5. The Balaban J connectivity index is 2.14. The standard InChI is InChI=1S/C17H26ClNO2/c1-12-6-5-7-13(2)19(12)11-16(18)15-9-8-14(20-3)10-17(15)21-4/h8-10,12-13,16H,5-7,11H2,1-4H3. The van der Waals surface area contributed by atoms with Crippen molar-refractivity contribution < 1.29 is 9.47 Å². The van der Waals surface area contributed by atoms with Gasteiger partial charge in [-0.25, -0.2) is 0 Å². The molecule has 3 nitrogen and oxygen atoms in total. The van der Waals surface area contributed by atoms with Crippen molar-refractivity contribution in [3.05, 3.63) is 23.8 Å². The van der Waals surface area contributed by atoms with E-state index in [9.17, 15) is 0 Å². The van der Waals surface area contributed by atoms with Gasteiger partial charge in [-0.3, -0.25) is 4.90 Å². The van der Waals surface area contributed by atoms with Gasteiger partial charge >= 0.3 is 0 Å². The molecule has 0 amide bonds. The lowest BCUT2D eigenvalue weighted by Gasteiger charge is -2.40. The van der Waals surface area contributed by atoms with Crippen molar-refractivity contribution in [2.75, 3.05) is 20.8 Å². The molecule has 1 aliphatic rings. The minimum atomic E-state index is -0.0751. The number of nitrogens with zero attached hydrogens (tertiary/aromatic N) is 1. The number of ether oxygens (including phenoxy) is 2. The average molecular weight is 312 g/mol. The first kappa shape index (κ1) is 16.4. The van der Waals surface area contributed by atoms with Crippen molar-refractivity contribution in [2.24, 2.45) is 0 Å². The zero-order valence-electron chi connectivity index (χ0n) is 13.4. The van der Waals surface area contributed by atoms with E-state index < -0.39 is 0 Å². The van der Waals surface area contributed by atoms with E-state index in [0.29, 0.717) is 12.1 Å². The minimum absolute atomic E-state index is 0.0751. The van der Waals surface area contributed by atoms with Crippen LogP contribution < -0.4 is 9.47 Å². The second kappa shape index (κ2) is 7.37. The summed E-state index contributed by atoms with van der Waals surface area (Å²) in [6.45, 7) is 5.45. The number of halogens is 1. The van der Waals surface area contributed by atoms with E-state index in [4.69, 9.17) is 21.1 Å². The number of likely N-dealkylation sites (tertiary alicyclic amines) is 1. The molecule has 0 N–H and O–H groups in total. The summed E-state index contributed by atoms with van der Waals surface area (Å²) in [4.78, 5) is 2.52.